The molecule has 0 bridgehead atoms. The lowest BCUT2D eigenvalue weighted by Gasteiger charge is -2.26. The predicted molar refractivity (Wildman–Crippen MR) is 70.3 cm³/mol. The molecule has 92 valence electrons. The number of rotatable bonds is 2. The van der Waals surface area contributed by atoms with E-state index < -0.39 is 0 Å². The first-order valence-electron chi connectivity index (χ1n) is 5.62. The Morgan fingerprint density at radius 1 is 1.47 bits per heavy atom. The van der Waals surface area contributed by atoms with Crippen LogP contribution in [-0.2, 0) is 4.74 Å². The van der Waals surface area contributed by atoms with Gasteiger partial charge >= 0.3 is 0 Å². The van der Waals surface area contributed by atoms with Crippen molar-refractivity contribution >= 4 is 22.0 Å². The highest BCUT2D eigenvalue weighted by atomic mass is 79.9. The van der Waals surface area contributed by atoms with Gasteiger partial charge in [0.1, 0.15) is 5.82 Å². The lowest BCUT2D eigenvalue weighted by Crippen LogP contribution is -2.46. The van der Waals surface area contributed by atoms with E-state index in [4.69, 9.17) is 4.74 Å². The van der Waals surface area contributed by atoms with Gasteiger partial charge in [-0.3, -0.25) is 0 Å². The third-order valence-corrected chi connectivity index (χ3v) is 3.13. The molecule has 1 N–H and O–H groups in total. The molecule has 2 atom stereocenters. The first kappa shape index (κ1) is 12.7. The van der Waals surface area contributed by atoms with Crippen molar-refractivity contribution < 1.29 is 9.13 Å². The van der Waals surface area contributed by atoms with Crippen LogP contribution >= 0.6 is 15.9 Å². The number of morpholine rings is 1. The Hall–Kier alpha value is -0.710. The standard InChI is InChI=1S/C13H15BrFNO/c1-9-7-17-8-12(16-9)5-3-10-2-4-11(14)6-13(10)15/h2-6,9,12,16H,7-8H2,1H3/b5-3+. The molecule has 0 saturated carbocycles. The molecule has 1 aromatic carbocycles. The van der Waals surface area contributed by atoms with E-state index >= 15 is 0 Å². The number of hydrogen-bond acceptors (Lipinski definition) is 2. The van der Waals surface area contributed by atoms with Gasteiger partial charge in [-0.15, -0.1) is 0 Å². The highest BCUT2D eigenvalue weighted by Crippen LogP contribution is 2.16. The van der Waals surface area contributed by atoms with Crippen LogP contribution in [0.1, 0.15) is 12.5 Å². The summed E-state index contributed by atoms with van der Waals surface area (Å²) in [5.74, 6) is -0.222. The van der Waals surface area contributed by atoms with Gasteiger partial charge < -0.3 is 10.1 Å². The van der Waals surface area contributed by atoms with Crippen molar-refractivity contribution in [3.05, 3.63) is 40.1 Å². The maximum atomic E-state index is 13.5. The van der Waals surface area contributed by atoms with Crippen LogP contribution in [0.2, 0.25) is 0 Å². The van der Waals surface area contributed by atoms with Crippen molar-refractivity contribution in [3.8, 4) is 0 Å². The van der Waals surface area contributed by atoms with Crippen molar-refractivity contribution in [3.63, 3.8) is 0 Å². The minimum atomic E-state index is -0.222. The summed E-state index contributed by atoms with van der Waals surface area (Å²) in [7, 11) is 0. The number of nitrogens with one attached hydrogen (secondary N) is 1. The second-order valence-electron chi connectivity index (χ2n) is 4.24. The number of hydrogen-bond donors (Lipinski definition) is 1. The third kappa shape index (κ3) is 3.63. The second-order valence-corrected chi connectivity index (χ2v) is 5.15. The predicted octanol–water partition coefficient (Wildman–Crippen LogP) is 2.98. The molecule has 1 heterocycles. The van der Waals surface area contributed by atoms with Gasteiger partial charge in [0.15, 0.2) is 0 Å². The minimum Gasteiger partial charge on any atom is -0.378 e. The molecule has 2 unspecified atom stereocenters. The van der Waals surface area contributed by atoms with Crippen LogP contribution in [-0.4, -0.2) is 25.3 Å². The summed E-state index contributed by atoms with van der Waals surface area (Å²) in [6.07, 6.45) is 3.74. The Kier molecular flexibility index (Phi) is 4.31. The lowest BCUT2D eigenvalue weighted by molar-refractivity contribution is 0.0637. The molecular formula is C13H15BrFNO. The lowest BCUT2D eigenvalue weighted by atomic mass is 10.1. The number of benzene rings is 1. The Morgan fingerprint density at radius 3 is 3.00 bits per heavy atom. The van der Waals surface area contributed by atoms with Crippen molar-refractivity contribution in [1.82, 2.24) is 5.32 Å². The van der Waals surface area contributed by atoms with E-state index in [2.05, 4.69) is 28.2 Å². The van der Waals surface area contributed by atoms with Crippen LogP contribution in [0.4, 0.5) is 4.39 Å². The summed E-state index contributed by atoms with van der Waals surface area (Å²) < 4.78 is 19.7. The van der Waals surface area contributed by atoms with Crippen LogP contribution in [0.5, 0.6) is 0 Å². The fourth-order valence-corrected chi connectivity index (χ4v) is 2.13. The average molecular weight is 300 g/mol. The monoisotopic (exact) mass is 299 g/mol. The van der Waals surface area contributed by atoms with Crippen LogP contribution in [0.15, 0.2) is 28.7 Å². The molecule has 0 aliphatic carbocycles. The zero-order valence-electron chi connectivity index (χ0n) is 9.62. The summed E-state index contributed by atoms with van der Waals surface area (Å²) in [4.78, 5) is 0. The van der Waals surface area contributed by atoms with E-state index in [1.54, 1.807) is 12.1 Å². The summed E-state index contributed by atoms with van der Waals surface area (Å²) >= 11 is 3.24. The van der Waals surface area contributed by atoms with Crippen molar-refractivity contribution in [2.24, 2.45) is 0 Å². The van der Waals surface area contributed by atoms with Gasteiger partial charge in [0.05, 0.1) is 13.2 Å². The van der Waals surface area contributed by atoms with Crippen LogP contribution in [0, 0.1) is 5.82 Å². The van der Waals surface area contributed by atoms with E-state index in [0.29, 0.717) is 18.2 Å². The van der Waals surface area contributed by atoms with Gasteiger partial charge in [0.25, 0.3) is 0 Å². The largest absolute Gasteiger partial charge is 0.378 e. The minimum absolute atomic E-state index is 0.154. The summed E-state index contributed by atoms with van der Waals surface area (Å²) in [5, 5.41) is 3.37. The Bertz CT molecular complexity index is 422. The number of ether oxygens (including phenoxy) is 1. The van der Waals surface area contributed by atoms with Crippen LogP contribution < -0.4 is 5.32 Å². The molecule has 4 heteroatoms. The molecule has 1 fully saturated rings. The summed E-state index contributed by atoms with van der Waals surface area (Å²) in [6.45, 7) is 3.44. The van der Waals surface area contributed by atoms with Gasteiger partial charge in [0, 0.05) is 22.1 Å². The first-order valence-corrected chi connectivity index (χ1v) is 6.41. The molecule has 1 aliphatic rings. The Labute approximate surface area is 109 Å². The van der Waals surface area contributed by atoms with Crippen molar-refractivity contribution in [2.45, 2.75) is 19.0 Å². The van der Waals surface area contributed by atoms with Gasteiger partial charge in [-0.05, 0) is 19.1 Å². The van der Waals surface area contributed by atoms with Gasteiger partial charge in [-0.1, -0.05) is 34.1 Å². The maximum absolute atomic E-state index is 13.5. The molecular weight excluding hydrogens is 285 g/mol. The van der Waals surface area contributed by atoms with Gasteiger partial charge in [-0.25, -0.2) is 4.39 Å². The highest BCUT2D eigenvalue weighted by molar-refractivity contribution is 9.10. The molecule has 17 heavy (non-hydrogen) atoms. The van der Waals surface area contributed by atoms with Gasteiger partial charge in [0.2, 0.25) is 0 Å². The Morgan fingerprint density at radius 2 is 2.29 bits per heavy atom. The molecule has 0 aromatic heterocycles. The van der Waals surface area contributed by atoms with Crippen molar-refractivity contribution in [1.29, 1.82) is 0 Å². The normalized spacial score (nSPS) is 25.4. The van der Waals surface area contributed by atoms with E-state index in [-0.39, 0.29) is 11.9 Å². The smallest absolute Gasteiger partial charge is 0.131 e. The fraction of sp³-hybridized carbons (Fsp3) is 0.385. The van der Waals surface area contributed by atoms with E-state index in [1.165, 1.54) is 6.07 Å². The van der Waals surface area contributed by atoms with E-state index in [1.807, 2.05) is 12.1 Å². The molecule has 2 nitrogen and oxygen atoms in total. The molecule has 1 saturated heterocycles. The van der Waals surface area contributed by atoms with E-state index in [0.717, 1.165) is 11.1 Å². The van der Waals surface area contributed by atoms with Crippen LogP contribution in [0.25, 0.3) is 6.08 Å². The quantitative estimate of drug-likeness (QED) is 0.906. The summed E-state index contributed by atoms with van der Waals surface area (Å²) in [5.41, 5.74) is 0.591. The van der Waals surface area contributed by atoms with Crippen LogP contribution in [0.3, 0.4) is 0 Å². The summed E-state index contributed by atoms with van der Waals surface area (Å²) in [6, 6.07) is 5.54. The molecule has 2 rings (SSSR count). The molecule has 0 amide bonds. The topological polar surface area (TPSA) is 21.3 Å². The fourth-order valence-electron chi connectivity index (χ4n) is 1.80. The second kappa shape index (κ2) is 5.76. The van der Waals surface area contributed by atoms with E-state index in [9.17, 15) is 4.39 Å². The third-order valence-electron chi connectivity index (χ3n) is 2.63. The molecule has 1 aliphatic heterocycles. The zero-order chi connectivity index (χ0) is 12.3. The highest BCUT2D eigenvalue weighted by Gasteiger charge is 2.15. The maximum Gasteiger partial charge on any atom is 0.131 e. The Balaban J connectivity index is 2.04. The SMILES string of the molecule is CC1COCC(/C=C/c2ccc(Br)cc2F)N1. The first-order chi connectivity index (χ1) is 8.15. The van der Waals surface area contributed by atoms with Crippen molar-refractivity contribution in [2.75, 3.05) is 13.2 Å². The van der Waals surface area contributed by atoms with Gasteiger partial charge in [-0.2, -0.15) is 0 Å². The number of halogens is 2. The average Bonchev–Trinajstić information content (AvgIpc) is 2.28. The molecule has 0 spiro atoms. The molecule has 0 radical (unpaired) electrons. The zero-order valence-corrected chi connectivity index (χ0v) is 11.2. The molecule has 1 aromatic rings.